The van der Waals surface area contributed by atoms with Crippen LogP contribution < -0.4 is 0 Å². The smallest absolute Gasteiger partial charge is 0.147 e. The summed E-state index contributed by atoms with van der Waals surface area (Å²) in [5, 5.41) is 9.61. The number of rotatable bonds is 3. The Labute approximate surface area is 265 Å². The zero-order chi connectivity index (χ0) is 30.2. The highest BCUT2D eigenvalue weighted by Crippen LogP contribution is 2.45. The van der Waals surface area contributed by atoms with Crippen LogP contribution in [0, 0.1) is 0 Å². The van der Waals surface area contributed by atoms with Crippen molar-refractivity contribution in [1.29, 1.82) is 0 Å². The van der Waals surface area contributed by atoms with Crippen LogP contribution in [0.5, 0.6) is 0 Å². The summed E-state index contributed by atoms with van der Waals surface area (Å²) in [6.07, 6.45) is 6.60. The minimum Gasteiger partial charge on any atom is -0.456 e. The lowest BCUT2D eigenvalue weighted by Crippen LogP contribution is -1.97. The van der Waals surface area contributed by atoms with Gasteiger partial charge in [0, 0.05) is 16.2 Å². The maximum Gasteiger partial charge on any atom is 0.147 e. The Bertz CT molecular complexity index is 2680. The molecule has 0 aliphatic heterocycles. The molecule has 2 heteroatoms. The number of hydrogen-bond donors (Lipinski definition) is 0. The van der Waals surface area contributed by atoms with Crippen LogP contribution in [-0.4, -0.2) is 0 Å². The minimum absolute atomic E-state index is 0.858. The summed E-state index contributed by atoms with van der Waals surface area (Å²) in [5.74, 6) is 0. The Morgan fingerprint density at radius 3 is 1.70 bits per heavy atom. The number of fused-ring (bicyclic) bond motifs is 9. The predicted octanol–water partition coefficient (Wildman–Crippen LogP) is 12.7. The third kappa shape index (κ3) is 3.71. The van der Waals surface area contributed by atoms with E-state index >= 15 is 0 Å². The SMILES string of the molecule is C1=C(c2ccc3c(c2)oc2ccc4c5ccccc5oc4c23)CCC(c2c3ccccc3c(-c3ccccc3)c3ccccc23)=C1. The molecule has 0 saturated heterocycles. The van der Waals surface area contributed by atoms with E-state index in [1.165, 1.54) is 54.9 Å². The first-order valence-electron chi connectivity index (χ1n) is 16.0. The highest BCUT2D eigenvalue weighted by atomic mass is 16.3. The molecule has 46 heavy (non-hydrogen) atoms. The van der Waals surface area contributed by atoms with Gasteiger partial charge in [0.05, 0.1) is 5.39 Å². The first-order chi connectivity index (χ1) is 22.8. The van der Waals surface area contributed by atoms with Crippen LogP contribution in [0.25, 0.3) is 87.7 Å². The monoisotopic (exact) mass is 588 g/mol. The summed E-state index contributed by atoms with van der Waals surface area (Å²) in [6, 6.07) is 47.6. The normalized spacial score (nSPS) is 13.7. The third-order valence-electron chi connectivity index (χ3n) is 9.81. The number of para-hydroxylation sites is 1. The number of allylic oxidation sites excluding steroid dienone is 4. The maximum absolute atomic E-state index is 6.42. The lowest BCUT2D eigenvalue weighted by atomic mass is 9.82. The van der Waals surface area contributed by atoms with Crippen LogP contribution in [-0.2, 0) is 0 Å². The average molecular weight is 589 g/mol. The molecular formula is C44H28O2. The van der Waals surface area contributed by atoms with Crippen molar-refractivity contribution in [2.75, 3.05) is 0 Å². The summed E-state index contributed by atoms with van der Waals surface area (Å²) in [4.78, 5) is 0. The van der Waals surface area contributed by atoms with Gasteiger partial charge in [-0.2, -0.15) is 0 Å². The fourth-order valence-corrected chi connectivity index (χ4v) is 7.72. The Morgan fingerprint density at radius 2 is 0.978 bits per heavy atom. The van der Waals surface area contributed by atoms with E-state index in [9.17, 15) is 0 Å². The number of furan rings is 2. The Kier molecular flexibility index (Phi) is 5.44. The van der Waals surface area contributed by atoms with Gasteiger partial charge in [-0.15, -0.1) is 0 Å². The molecule has 0 radical (unpaired) electrons. The lowest BCUT2D eigenvalue weighted by molar-refractivity contribution is 0.662. The van der Waals surface area contributed by atoms with Gasteiger partial charge < -0.3 is 8.83 Å². The van der Waals surface area contributed by atoms with Crippen LogP contribution in [0.15, 0.2) is 154 Å². The quantitative estimate of drug-likeness (QED) is 0.192. The molecular weight excluding hydrogens is 560 g/mol. The molecule has 0 saturated carbocycles. The van der Waals surface area contributed by atoms with Crippen molar-refractivity contribution < 1.29 is 8.83 Å². The predicted molar refractivity (Wildman–Crippen MR) is 193 cm³/mol. The molecule has 10 rings (SSSR count). The second-order valence-electron chi connectivity index (χ2n) is 12.3. The molecule has 2 heterocycles. The molecule has 0 atom stereocenters. The van der Waals surface area contributed by atoms with Crippen molar-refractivity contribution in [2.24, 2.45) is 0 Å². The summed E-state index contributed by atoms with van der Waals surface area (Å²) in [5.41, 5.74) is 11.4. The van der Waals surface area contributed by atoms with Gasteiger partial charge in [-0.1, -0.05) is 115 Å². The molecule has 1 aliphatic rings. The largest absolute Gasteiger partial charge is 0.456 e. The lowest BCUT2D eigenvalue weighted by Gasteiger charge is -2.21. The van der Waals surface area contributed by atoms with E-state index in [-0.39, 0.29) is 0 Å². The van der Waals surface area contributed by atoms with Crippen molar-refractivity contribution in [3.05, 3.63) is 157 Å². The highest BCUT2D eigenvalue weighted by Gasteiger charge is 2.20. The zero-order valence-corrected chi connectivity index (χ0v) is 25.1. The van der Waals surface area contributed by atoms with Gasteiger partial charge in [-0.25, -0.2) is 0 Å². The van der Waals surface area contributed by atoms with E-state index in [4.69, 9.17) is 8.83 Å². The van der Waals surface area contributed by atoms with Crippen LogP contribution in [0.3, 0.4) is 0 Å². The number of hydrogen-bond acceptors (Lipinski definition) is 2. The summed E-state index contributed by atoms with van der Waals surface area (Å²) < 4.78 is 12.8. The van der Waals surface area contributed by atoms with Gasteiger partial charge in [0.1, 0.15) is 22.3 Å². The minimum atomic E-state index is 0.858. The standard InChI is InChI=1S/C44H28O2/c1-2-10-28(11-3-1)41-32-13-4-6-15-34(32)42(35-16-7-5-14-33(35)41)29-20-18-27(19-21-29)30-22-23-37-40(26-30)45-39-25-24-36-31-12-8-9-17-38(31)46-44(36)43(37)39/h1-18,20,22-26H,19,21H2. The highest BCUT2D eigenvalue weighted by molar-refractivity contribution is 6.22. The van der Waals surface area contributed by atoms with Crippen molar-refractivity contribution >= 4 is 76.6 Å². The van der Waals surface area contributed by atoms with Crippen LogP contribution in [0.1, 0.15) is 24.0 Å². The van der Waals surface area contributed by atoms with Gasteiger partial charge in [0.25, 0.3) is 0 Å². The van der Waals surface area contributed by atoms with Crippen molar-refractivity contribution in [1.82, 2.24) is 0 Å². The molecule has 0 fully saturated rings. The van der Waals surface area contributed by atoms with E-state index < -0.39 is 0 Å². The average Bonchev–Trinajstić information content (AvgIpc) is 3.69. The van der Waals surface area contributed by atoms with Crippen molar-refractivity contribution in [3.8, 4) is 11.1 Å². The molecule has 216 valence electrons. The molecule has 0 amide bonds. The van der Waals surface area contributed by atoms with Gasteiger partial charge in [-0.3, -0.25) is 0 Å². The van der Waals surface area contributed by atoms with Gasteiger partial charge in [-0.05, 0) is 98.1 Å². The fourth-order valence-electron chi connectivity index (χ4n) is 7.72. The molecule has 7 aromatic carbocycles. The third-order valence-corrected chi connectivity index (χ3v) is 9.81. The molecule has 9 aromatic rings. The van der Waals surface area contributed by atoms with Crippen LogP contribution in [0.4, 0.5) is 0 Å². The zero-order valence-electron chi connectivity index (χ0n) is 25.1. The molecule has 0 bridgehead atoms. The van der Waals surface area contributed by atoms with E-state index in [1.807, 2.05) is 12.1 Å². The van der Waals surface area contributed by atoms with E-state index in [0.29, 0.717) is 0 Å². The van der Waals surface area contributed by atoms with E-state index in [2.05, 4.69) is 133 Å². The summed E-state index contributed by atoms with van der Waals surface area (Å²) in [6.45, 7) is 0. The van der Waals surface area contributed by atoms with Crippen LogP contribution in [0.2, 0.25) is 0 Å². The Balaban J connectivity index is 1.10. The molecule has 2 aromatic heterocycles. The molecule has 0 unspecified atom stereocenters. The van der Waals surface area contributed by atoms with Gasteiger partial charge >= 0.3 is 0 Å². The van der Waals surface area contributed by atoms with Crippen LogP contribution >= 0.6 is 0 Å². The second-order valence-corrected chi connectivity index (χ2v) is 12.3. The van der Waals surface area contributed by atoms with Crippen molar-refractivity contribution in [3.63, 3.8) is 0 Å². The number of benzene rings is 7. The Morgan fingerprint density at radius 1 is 0.370 bits per heavy atom. The van der Waals surface area contributed by atoms with Crippen molar-refractivity contribution in [2.45, 2.75) is 12.8 Å². The summed E-state index contributed by atoms with van der Waals surface area (Å²) >= 11 is 0. The fraction of sp³-hybridized carbons (Fsp3) is 0.0455. The second kappa shape index (κ2) is 9.82. The Hall–Kier alpha value is -5.86. The summed E-state index contributed by atoms with van der Waals surface area (Å²) in [7, 11) is 0. The molecule has 2 nitrogen and oxygen atoms in total. The molecule has 1 aliphatic carbocycles. The van der Waals surface area contributed by atoms with Gasteiger partial charge in [0.2, 0.25) is 0 Å². The first-order valence-corrected chi connectivity index (χ1v) is 16.0. The van der Waals surface area contributed by atoms with E-state index in [0.717, 1.165) is 56.7 Å². The molecule has 0 N–H and O–H groups in total. The molecule has 0 spiro atoms. The maximum atomic E-state index is 6.42. The topological polar surface area (TPSA) is 26.3 Å². The van der Waals surface area contributed by atoms with E-state index in [1.54, 1.807) is 0 Å². The van der Waals surface area contributed by atoms with Gasteiger partial charge in [0.15, 0.2) is 0 Å². The first kappa shape index (κ1) is 25.5.